The van der Waals surface area contributed by atoms with Crippen LogP contribution in [0.15, 0.2) is 97.1 Å². The Morgan fingerprint density at radius 2 is 1.41 bits per heavy atom. The first kappa shape index (κ1) is 22.7. The van der Waals surface area contributed by atoms with E-state index in [1.54, 1.807) is 18.2 Å². The van der Waals surface area contributed by atoms with Crippen molar-refractivity contribution >= 4 is 17.6 Å². The van der Waals surface area contributed by atoms with Gasteiger partial charge >= 0.3 is 6.03 Å². The second kappa shape index (κ2) is 10.4. The van der Waals surface area contributed by atoms with Crippen LogP contribution >= 0.6 is 0 Å². The first-order valence-corrected chi connectivity index (χ1v) is 10.4. The SMILES string of the molecule is O=C(NC(=O)c1c(F)cccc1F)Nc1ccc(OCc2ccccc2)c(-c2ccccc2)c1. The van der Waals surface area contributed by atoms with Crippen LogP contribution in [-0.4, -0.2) is 11.9 Å². The van der Waals surface area contributed by atoms with Gasteiger partial charge in [0, 0.05) is 11.3 Å². The van der Waals surface area contributed by atoms with Crippen LogP contribution in [0, 0.1) is 11.6 Å². The molecular weight excluding hydrogens is 438 g/mol. The predicted molar refractivity (Wildman–Crippen MR) is 125 cm³/mol. The summed E-state index contributed by atoms with van der Waals surface area (Å²) in [5.41, 5.74) is 2.12. The third kappa shape index (κ3) is 5.45. The first-order chi connectivity index (χ1) is 16.5. The molecule has 0 heterocycles. The van der Waals surface area contributed by atoms with E-state index in [0.29, 0.717) is 18.0 Å². The van der Waals surface area contributed by atoms with Crippen molar-refractivity contribution in [2.75, 3.05) is 5.32 Å². The summed E-state index contributed by atoms with van der Waals surface area (Å²) in [4.78, 5) is 24.5. The van der Waals surface area contributed by atoms with Gasteiger partial charge in [0.2, 0.25) is 0 Å². The van der Waals surface area contributed by atoms with Crippen LogP contribution in [0.25, 0.3) is 11.1 Å². The van der Waals surface area contributed by atoms with Gasteiger partial charge in [-0.2, -0.15) is 0 Å². The molecule has 0 aliphatic rings. The van der Waals surface area contributed by atoms with Gasteiger partial charge in [0.05, 0.1) is 0 Å². The molecule has 4 aromatic carbocycles. The van der Waals surface area contributed by atoms with Gasteiger partial charge in [0.15, 0.2) is 0 Å². The number of benzene rings is 4. The maximum absolute atomic E-state index is 13.8. The molecule has 0 unspecified atom stereocenters. The Kier molecular flexibility index (Phi) is 6.93. The Morgan fingerprint density at radius 3 is 2.09 bits per heavy atom. The van der Waals surface area contributed by atoms with Crippen molar-refractivity contribution in [3.05, 3.63) is 120 Å². The lowest BCUT2D eigenvalue weighted by molar-refractivity contribution is 0.0959. The van der Waals surface area contributed by atoms with Crippen LogP contribution in [0.5, 0.6) is 5.75 Å². The number of hydrogen-bond acceptors (Lipinski definition) is 3. The molecular formula is C27H20F2N2O3. The fourth-order valence-electron chi connectivity index (χ4n) is 3.35. The van der Waals surface area contributed by atoms with Gasteiger partial charge in [-0.25, -0.2) is 13.6 Å². The maximum Gasteiger partial charge on any atom is 0.326 e. The van der Waals surface area contributed by atoms with Crippen molar-refractivity contribution in [3.8, 4) is 16.9 Å². The van der Waals surface area contributed by atoms with Crippen molar-refractivity contribution in [1.82, 2.24) is 5.32 Å². The van der Waals surface area contributed by atoms with E-state index in [0.717, 1.165) is 34.9 Å². The summed E-state index contributed by atoms with van der Waals surface area (Å²) in [7, 11) is 0. The molecule has 0 radical (unpaired) electrons. The average molecular weight is 458 g/mol. The van der Waals surface area contributed by atoms with E-state index < -0.39 is 29.1 Å². The van der Waals surface area contributed by atoms with Crippen LogP contribution in [0.2, 0.25) is 0 Å². The summed E-state index contributed by atoms with van der Waals surface area (Å²) in [6.07, 6.45) is 0. The largest absolute Gasteiger partial charge is 0.488 e. The Labute approximate surface area is 195 Å². The van der Waals surface area contributed by atoms with Gasteiger partial charge in [0.25, 0.3) is 5.91 Å². The molecule has 0 aromatic heterocycles. The summed E-state index contributed by atoms with van der Waals surface area (Å²) in [6.45, 7) is 0.358. The minimum atomic E-state index is -1.18. The number of anilines is 1. The van der Waals surface area contributed by atoms with Crippen molar-refractivity contribution in [2.24, 2.45) is 0 Å². The zero-order chi connectivity index (χ0) is 23.9. The average Bonchev–Trinajstić information content (AvgIpc) is 2.84. The van der Waals surface area contributed by atoms with Gasteiger partial charge in [0.1, 0.15) is 29.6 Å². The molecule has 0 spiro atoms. The van der Waals surface area contributed by atoms with Crippen molar-refractivity contribution in [2.45, 2.75) is 6.61 Å². The Bertz CT molecular complexity index is 1290. The Morgan fingerprint density at radius 1 is 0.765 bits per heavy atom. The zero-order valence-corrected chi connectivity index (χ0v) is 17.9. The Balaban J connectivity index is 1.53. The normalized spacial score (nSPS) is 10.4. The number of ether oxygens (including phenoxy) is 1. The van der Waals surface area contributed by atoms with E-state index >= 15 is 0 Å². The number of nitrogens with one attached hydrogen (secondary N) is 2. The molecule has 0 aliphatic carbocycles. The molecule has 3 amide bonds. The standard InChI is InChI=1S/C27H20F2N2O3/c28-22-12-7-13-23(29)25(22)26(32)31-27(33)30-20-14-15-24(34-17-18-8-3-1-4-9-18)21(16-20)19-10-5-2-6-11-19/h1-16H,17H2,(H2,30,31,32,33). The Hall–Kier alpha value is -4.52. The van der Waals surface area contributed by atoms with Crippen molar-refractivity contribution in [1.29, 1.82) is 0 Å². The summed E-state index contributed by atoms with van der Waals surface area (Å²) >= 11 is 0. The number of halogens is 2. The number of carbonyl (C=O) groups excluding carboxylic acids is 2. The number of urea groups is 1. The third-order valence-corrected chi connectivity index (χ3v) is 4.98. The molecule has 0 aliphatic heterocycles. The zero-order valence-electron chi connectivity index (χ0n) is 17.9. The monoisotopic (exact) mass is 458 g/mol. The number of imide groups is 1. The highest BCUT2D eigenvalue weighted by molar-refractivity contribution is 6.08. The summed E-state index contributed by atoms with van der Waals surface area (Å²) in [5, 5.41) is 4.47. The van der Waals surface area contributed by atoms with Gasteiger partial charge < -0.3 is 10.1 Å². The molecule has 5 nitrogen and oxygen atoms in total. The smallest absolute Gasteiger partial charge is 0.326 e. The molecule has 2 N–H and O–H groups in total. The van der Waals surface area contributed by atoms with Gasteiger partial charge in [-0.3, -0.25) is 10.1 Å². The first-order valence-electron chi connectivity index (χ1n) is 10.4. The highest BCUT2D eigenvalue weighted by atomic mass is 19.1. The minimum absolute atomic E-state index is 0.358. The lowest BCUT2D eigenvalue weighted by atomic mass is 10.0. The molecule has 34 heavy (non-hydrogen) atoms. The number of rotatable bonds is 6. The van der Waals surface area contributed by atoms with Crippen molar-refractivity contribution in [3.63, 3.8) is 0 Å². The second-order valence-electron chi connectivity index (χ2n) is 7.36. The predicted octanol–water partition coefficient (Wildman–Crippen LogP) is 6.17. The molecule has 4 rings (SSSR count). The molecule has 0 fully saturated rings. The summed E-state index contributed by atoms with van der Waals surface area (Å²) in [5.74, 6) is -2.70. The molecule has 170 valence electrons. The van der Waals surface area contributed by atoms with Gasteiger partial charge in [-0.1, -0.05) is 66.7 Å². The molecule has 0 bridgehead atoms. The minimum Gasteiger partial charge on any atom is -0.488 e. The van der Waals surface area contributed by atoms with Crippen LogP contribution in [-0.2, 0) is 6.61 Å². The number of amides is 3. The number of carbonyl (C=O) groups is 2. The highest BCUT2D eigenvalue weighted by Crippen LogP contribution is 2.33. The van der Waals surface area contributed by atoms with Crippen LogP contribution in [0.4, 0.5) is 19.3 Å². The summed E-state index contributed by atoms with van der Waals surface area (Å²) in [6, 6.07) is 26.2. The van der Waals surface area contributed by atoms with Crippen molar-refractivity contribution < 1.29 is 23.1 Å². The van der Waals surface area contributed by atoms with E-state index in [4.69, 9.17) is 4.74 Å². The maximum atomic E-state index is 13.8. The third-order valence-electron chi connectivity index (χ3n) is 4.98. The molecule has 0 saturated heterocycles. The van der Waals surface area contributed by atoms with Crippen LogP contribution in [0.1, 0.15) is 15.9 Å². The van der Waals surface area contributed by atoms with Gasteiger partial charge in [-0.15, -0.1) is 0 Å². The molecule has 7 heteroatoms. The van der Waals surface area contributed by atoms with E-state index in [2.05, 4.69) is 5.32 Å². The quantitative estimate of drug-likeness (QED) is 0.363. The fourth-order valence-corrected chi connectivity index (χ4v) is 3.35. The molecule has 0 atom stereocenters. The van der Waals surface area contributed by atoms with Crippen LogP contribution < -0.4 is 15.4 Å². The topological polar surface area (TPSA) is 67.4 Å². The second-order valence-corrected chi connectivity index (χ2v) is 7.36. The highest BCUT2D eigenvalue weighted by Gasteiger charge is 2.19. The lowest BCUT2D eigenvalue weighted by Gasteiger charge is -2.14. The molecule has 4 aromatic rings. The lowest BCUT2D eigenvalue weighted by Crippen LogP contribution is -2.35. The molecule has 0 saturated carbocycles. The van der Waals surface area contributed by atoms with E-state index in [1.165, 1.54) is 0 Å². The van der Waals surface area contributed by atoms with E-state index in [9.17, 15) is 18.4 Å². The van der Waals surface area contributed by atoms with Gasteiger partial charge in [-0.05, 0) is 41.5 Å². The number of hydrogen-bond donors (Lipinski definition) is 2. The van der Waals surface area contributed by atoms with E-state index in [1.807, 2.05) is 66.0 Å². The van der Waals surface area contributed by atoms with Crippen LogP contribution in [0.3, 0.4) is 0 Å². The van der Waals surface area contributed by atoms with E-state index in [-0.39, 0.29) is 0 Å². The summed E-state index contributed by atoms with van der Waals surface area (Å²) < 4.78 is 33.6. The fraction of sp³-hybridized carbons (Fsp3) is 0.0370.